The molecule has 0 unspecified atom stereocenters. The number of hydrogen-bond acceptors (Lipinski definition) is 11. The zero-order valence-corrected chi connectivity index (χ0v) is 30.8. The van der Waals surface area contributed by atoms with E-state index in [1.165, 1.54) is 0 Å². The molecule has 0 aliphatic heterocycles. The van der Waals surface area contributed by atoms with E-state index in [1.54, 1.807) is 17.6 Å². The number of hydrogen-bond donors (Lipinski definition) is 0. The molecule has 15 heteroatoms. The van der Waals surface area contributed by atoms with E-state index in [4.69, 9.17) is 18.1 Å². The van der Waals surface area contributed by atoms with E-state index >= 15 is 0 Å². The first-order chi connectivity index (χ1) is 21.8. The maximum Gasteiger partial charge on any atom is 0.264 e. The minimum absolute atomic E-state index is 0.0572. The van der Waals surface area contributed by atoms with Gasteiger partial charge in [-0.25, -0.2) is 4.98 Å². The largest absolute Gasteiger partial charge is 0.485 e. The Balaban J connectivity index is 1.33. The Morgan fingerprint density at radius 3 is 2.09 bits per heavy atom. The lowest BCUT2D eigenvalue weighted by Gasteiger charge is -2.25. The molecule has 0 aliphatic carbocycles. The molecule has 0 fully saturated rings. The summed E-state index contributed by atoms with van der Waals surface area (Å²) in [7, 11) is -7.03. The Kier molecular flexibility index (Phi) is 13.3. The van der Waals surface area contributed by atoms with Gasteiger partial charge in [0.1, 0.15) is 17.4 Å². The molecule has 0 bridgehead atoms. The van der Waals surface area contributed by atoms with Crippen LogP contribution in [0, 0.1) is 0 Å². The third-order valence-corrected chi connectivity index (χ3v) is 9.45. The van der Waals surface area contributed by atoms with E-state index < -0.39 is 20.2 Å². The van der Waals surface area contributed by atoms with Crippen LogP contribution in [0.25, 0.3) is 11.3 Å². The molecule has 0 atom stereocenters. The molecule has 0 N–H and O–H groups in total. The Bertz CT molecular complexity index is 1790. The van der Waals surface area contributed by atoms with Crippen molar-refractivity contribution in [3.05, 3.63) is 91.6 Å². The van der Waals surface area contributed by atoms with Gasteiger partial charge in [0.05, 0.1) is 41.6 Å². The predicted octanol–water partition coefficient (Wildman–Crippen LogP) is 7.20. The fourth-order valence-corrected chi connectivity index (χ4v) is 6.90. The number of anilines is 1. The third kappa shape index (κ3) is 12.5. The maximum absolute atomic E-state index is 11.3. The molecule has 0 spiro atoms. The standard InChI is InChI=1S/C31H33Br2N3O7S3/c1-45(37,38)42-17-3-15-36(16-4-18-43-46(2,39)40)27-12-5-23(6-13-27)20-34-26-10-7-24(8-11-26)29-22-44-31(35-29)21-41-30-14-9-25(32)19-28(30)33/h5-14,19-20,22H,3-4,15-18,21H2,1-2H3. The van der Waals surface area contributed by atoms with Crippen LogP contribution < -0.4 is 9.64 Å². The number of nitrogens with zero attached hydrogens (tertiary/aromatic N) is 3. The van der Waals surface area contributed by atoms with Crippen LogP contribution in [0.4, 0.5) is 11.4 Å². The molecule has 3 aromatic carbocycles. The van der Waals surface area contributed by atoms with E-state index in [2.05, 4.69) is 36.9 Å². The van der Waals surface area contributed by atoms with Crippen LogP contribution in [0.3, 0.4) is 0 Å². The quantitative estimate of drug-likeness (QED) is 0.0619. The van der Waals surface area contributed by atoms with Gasteiger partial charge in [-0.2, -0.15) is 16.8 Å². The molecule has 0 saturated heterocycles. The number of aliphatic imine (C=N–C) groups is 1. The number of thiazole rings is 1. The fourth-order valence-electron chi connectivity index (χ4n) is 4.18. The second-order valence-electron chi connectivity index (χ2n) is 10.1. The van der Waals surface area contributed by atoms with Gasteiger partial charge in [-0.15, -0.1) is 11.3 Å². The van der Waals surface area contributed by atoms with Crippen LogP contribution in [0.1, 0.15) is 23.4 Å². The van der Waals surface area contributed by atoms with Crippen LogP contribution in [0.15, 0.2) is 86.0 Å². The van der Waals surface area contributed by atoms with Gasteiger partial charge in [0, 0.05) is 40.4 Å². The fraction of sp³-hybridized carbons (Fsp3) is 0.290. The summed E-state index contributed by atoms with van der Waals surface area (Å²) in [6.45, 7) is 1.53. The highest BCUT2D eigenvalue weighted by Crippen LogP contribution is 2.30. The third-order valence-electron chi connectivity index (χ3n) is 6.32. The summed E-state index contributed by atoms with van der Waals surface area (Å²) in [6, 6.07) is 21.4. The number of halogens is 2. The van der Waals surface area contributed by atoms with Crippen molar-refractivity contribution in [3.63, 3.8) is 0 Å². The van der Waals surface area contributed by atoms with E-state index in [9.17, 15) is 16.8 Å². The summed E-state index contributed by atoms with van der Waals surface area (Å²) in [4.78, 5) is 11.4. The van der Waals surface area contributed by atoms with Gasteiger partial charge >= 0.3 is 0 Å². The first kappa shape index (κ1) is 36.2. The molecule has 10 nitrogen and oxygen atoms in total. The molecule has 0 saturated carbocycles. The molecule has 246 valence electrons. The summed E-state index contributed by atoms with van der Waals surface area (Å²) in [5.74, 6) is 0.753. The summed E-state index contributed by atoms with van der Waals surface area (Å²) in [6.07, 6.45) is 4.75. The second-order valence-corrected chi connectivity index (χ2v) is 16.1. The van der Waals surface area contributed by atoms with Crippen LogP contribution in [-0.4, -0.2) is 66.8 Å². The van der Waals surface area contributed by atoms with E-state index in [1.807, 2.05) is 77.0 Å². The van der Waals surface area contributed by atoms with Gasteiger partial charge in [-0.1, -0.05) is 40.2 Å². The Morgan fingerprint density at radius 1 is 0.870 bits per heavy atom. The van der Waals surface area contributed by atoms with Gasteiger partial charge in [0.25, 0.3) is 20.2 Å². The van der Waals surface area contributed by atoms with Crippen molar-refractivity contribution in [1.29, 1.82) is 0 Å². The maximum atomic E-state index is 11.3. The predicted molar refractivity (Wildman–Crippen MR) is 190 cm³/mol. The smallest absolute Gasteiger partial charge is 0.264 e. The Labute approximate surface area is 291 Å². The average Bonchev–Trinajstić information content (AvgIpc) is 3.47. The molecular weight excluding hydrogens is 782 g/mol. The van der Waals surface area contributed by atoms with Gasteiger partial charge < -0.3 is 9.64 Å². The van der Waals surface area contributed by atoms with Crippen molar-refractivity contribution in [2.45, 2.75) is 19.4 Å². The van der Waals surface area contributed by atoms with Crippen LogP contribution in [0.2, 0.25) is 0 Å². The molecule has 0 radical (unpaired) electrons. The van der Waals surface area contributed by atoms with Gasteiger partial charge in [-0.05, 0) is 76.8 Å². The van der Waals surface area contributed by atoms with E-state index in [0.717, 1.165) is 60.4 Å². The molecule has 1 aromatic heterocycles. The molecule has 4 aromatic rings. The topological polar surface area (TPSA) is 124 Å². The highest BCUT2D eigenvalue weighted by molar-refractivity contribution is 9.11. The van der Waals surface area contributed by atoms with Gasteiger partial charge in [0.15, 0.2) is 0 Å². The Morgan fingerprint density at radius 2 is 1.50 bits per heavy atom. The van der Waals surface area contributed by atoms with E-state index in [-0.39, 0.29) is 13.2 Å². The summed E-state index contributed by atoms with van der Waals surface area (Å²) in [5.41, 5.74) is 4.46. The summed E-state index contributed by atoms with van der Waals surface area (Å²) < 4.78 is 62.6. The number of ether oxygens (including phenoxy) is 1. The summed E-state index contributed by atoms with van der Waals surface area (Å²) in [5, 5.41) is 2.88. The van der Waals surface area contributed by atoms with Crippen molar-refractivity contribution >= 4 is 81.0 Å². The Hall–Kier alpha value is -2.66. The number of aromatic nitrogens is 1. The lowest BCUT2D eigenvalue weighted by Crippen LogP contribution is -2.27. The SMILES string of the molecule is CS(=O)(=O)OCCCN(CCCOS(C)(=O)=O)c1ccc(C=Nc2ccc(-c3csc(COc4ccc(Br)cc4Br)n3)cc2)cc1. The molecule has 0 aliphatic rings. The monoisotopic (exact) mass is 813 g/mol. The molecule has 4 rings (SSSR count). The molecule has 46 heavy (non-hydrogen) atoms. The number of benzene rings is 3. The number of rotatable bonds is 17. The van der Waals surface area contributed by atoms with Gasteiger partial charge in [-0.3, -0.25) is 13.4 Å². The van der Waals surface area contributed by atoms with Crippen LogP contribution in [0.5, 0.6) is 5.75 Å². The van der Waals surface area contributed by atoms with Crippen molar-refractivity contribution in [3.8, 4) is 17.0 Å². The highest BCUT2D eigenvalue weighted by atomic mass is 79.9. The normalized spacial score (nSPS) is 12.1. The molecular formula is C31H33Br2N3O7S3. The average molecular weight is 816 g/mol. The van der Waals surface area contributed by atoms with Crippen LogP contribution >= 0.6 is 43.2 Å². The molecule has 1 heterocycles. The zero-order valence-electron chi connectivity index (χ0n) is 25.1. The van der Waals surface area contributed by atoms with Crippen molar-refractivity contribution in [2.75, 3.05) is 43.7 Å². The van der Waals surface area contributed by atoms with Crippen molar-refractivity contribution in [1.82, 2.24) is 4.98 Å². The first-order valence-corrected chi connectivity index (χ1v) is 20.1. The minimum Gasteiger partial charge on any atom is -0.485 e. The van der Waals surface area contributed by atoms with Crippen molar-refractivity contribution in [2.24, 2.45) is 4.99 Å². The lowest BCUT2D eigenvalue weighted by molar-refractivity contribution is 0.303. The van der Waals surface area contributed by atoms with Crippen LogP contribution in [-0.2, 0) is 35.2 Å². The minimum atomic E-state index is -3.52. The lowest BCUT2D eigenvalue weighted by atomic mass is 10.1. The molecule has 0 amide bonds. The first-order valence-electron chi connectivity index (χ1n) is 14.1. The highest BCUT2D eigenvalue weighted by Gasteiger charge is 2.11. The zero-order chi connectivity index (χ0) is 33.2. The second kappa shape index (κ2) is 16.9. The van der Waals surface area contributed by atoms with Gasteiger partial charge in [0.2, 0.25) is 0 Å². The summed E-state index contributed by atoms with van der Waals surface area (Å²) >= 11 is 8.50. The van der Waals surface area contributed by atoms with Crippen molar-refractivity contribution < 1.29 is 29.9 Å². The van der Waals surface area contributed by atoms with E-state index in [0.29, 0.717) is 32.5 Å².